The van der Waals surface area contributed by atoms with Crippen LogP contribution in [0.5, 0.6) is 0 Å². The molecule has 2 atom stereocenters. The van der Waals surface area contributed by atoms with Gasteiger partial charge in [-0.25, -0.2) is 14.0 Å². The van der Waals surface area contributed by atoms with Crippen molar-refractivity contribution in [2.45, 2.75) is 12.0 Å². The molecule has 168 valence electrons. The van der Waals surface area contributed by atoms with E-state index in [9.17, 15) is 24.0 Å². The van der Waals surface area contributed by atoms with Gasteiger partial charge < -0.3 is 14.8 Å². The SMILES string of the molecule is CNC(=O)c1c(-c2ccc(F)cc2)oc2c1=CC(c1cccc(C(=O)O)c1)C([N+](=O)OC)C=2. The largest absolute Gasteiger partial charge is 0.478 e. The highest BCUT2D eigenvalue weighted by Gasteiger charge is 2.38. The predicted octanol–water partition coefficient (Wildman–Crippen LogP) is 2.21. The molecule has 1 aliphatic carbocycles. The third-order valence-corrected chi connectivity index (χ3v) is 5.51. The van der Waals surface area contributed by atoms with Crippen molar-refractivity contribution >= 4 is 24.0 Å². The topological polar surface area (TPSA) is 109 Å². The molecule has 2 N–H and O–H groups in total. The smallest absolute Gasteiger partial charge is 0.335 e. The number of nitrogens with one attached hydrogen (secondary N) is 1. The lowest BCUT2D eigenvalue weighted by Gasteiger charge is -2.16. The molecule has 2 unspecified atom stereocenters. The maximum absolute atomic E-state index is 13.4. The van der Waals surface area contributed by atoms with Gasteiger partial charge in [-0.2, -0.15) is 0 Å². The van der Waals surface area contributed by atoms with Crippen LogP contribution in [-0.2, 0) is 4.84 Å². The van der Waals surface area contributed by atoms with Gasteiger partial charge in [0, 0.05) is 23.9 Å². The molecule has 0 aliphatic heterocycles. The fourth-order valence-corrected chi connectivity index (χ4v) is 3.93. The fraction of sp³-hybridized carbons (Fsp3) is 0.167. The highest BCUT2D eigenvalue weighted by Crippen LogP contribution is 2.29. The molecule has 8 nitrogen and oxygen atoms in total. The summed E-state index contributed by atoms with van der Waals surface area (Å²) in [6.07, 6.45) is 3.22. The molecule has 0 saturated carbocycles. The standard InChI is InChI=1S/C24H19FN2O6/c1-26-23(28)21-18-11-17(14-4-3-5-15(10-14)24(29)30)19(27(31)32-2)12-20(18)33-22(21)13-6-8-16(25)9-7-13/h3-12,17,19H,1-2H3,(H-,26,28,29,30)/p+1. The van der Waals surface area contributed by atoms with Crippen molar-refractivity contribution in [1.82, 2.24) is 5.32 Å². The quantitative estimate of drug-likeness (QED) is 0.557. The minimum Gasteiger partial charge on any atom is -0.478 e. The minimum atomic E-state index is -1.10. The Kier molecular flexibility index (Phi) is 5.78. The van der Waals surface area contributed by atoms with E-state index < -0.39 is 29.7 Å². The molecular formula is C24H20FN2O6+. The number of fused-ring (bicyclic) bond motifs is 1. The minimum absolute atomic E-state index is 0.0611. The van der Waals surface area contributed by atoms with Gasteiger partial charge in [-0.05, 0) is 42.0 Å². The number of furan rings is 1. The molecule has 33 heavy (non-hydrogen) atoms. The molecule has 1 amide bonds. The lowest BCUT2D eigenvalue weighted by atomic mass is 9.86. The lowest BCUT2D eigenvalue weighted by molar-refractivity contribution is -0.811. The Bertz CT molecular complexity index is 1380. The van der Waals surface area contributed by atoms with Gasteiger partial charge in [0.1, 0.15) is 17.0 Å². The molecule has 2 aromatic carbocycles. The zero-order valence-electron chi connectivity index (χ0n) is 17.7. The van der Waals surface area contributed by atoms with Gasteiger partial charge in [0.15, 0.2) is 7.11 Å². The summed E-state index contributed by atoms with van der Waals surface area (Å²) in [6, 6.07) is 10.8. The number of halogens is 1. The van der Waals surface area contributed by atoms with E-state index in [1.165, 1.54) is 56.6 Å². The van der Waals surface area contributed by atoms with Crippen LogP contribution in [0, 0.1) is 10.7 Å². The fourth-order valence-electron chi connectivity index (χ4n) is 3.93. The summed E-state index contributed by atoms with van der Waals surface area (Å²) in [6.45, 7) is 0. The van der Waals surface area contributed by atoms with Crippen LogP contribution in [-0.4, -0.2) is 42.1 Å². The van der Waals surface area contributed by atoms with E-state index >= 15 is 0 Å². The highest BCUT2D eigenvalue weighted by atomic mass is 19.1. The molecule has 0 bridgehead atoms. The second kappa shape index (κ2) is 8.70. The Hall–Kier alpha value is -4.27. The first kappa shape index (κ1) is 21.9. The number of carbonyl (C=O) groups excluding carboxylic acids is 1. The molecule has 1 heterocycles. The monoisotopic (exact) mass is 451 g/mol. The molecule has 9 heteroatoms. The number of hydrogen-bond acceptors (Lipinski definition) is 5. The molecule has 0 radical (unpaired) electrons. The van der Waals surface area contributed by atoms with Crippen LogP contribution in [0.4, 0.5) is 4.39 Å². The number of rotatable bonds is 6. The third kappa shape index (κ3) is 4.00. The molecule has 0 saturated heterocycles. The Balaban J connectivity index is 1.99. The number of carboxylic acid groups (broad SMARTS) is 1. The summed E-state index contributed by atoms with van der Waals surface area (Å²) in [5.74, 6) is -2.38. The Morgan fingerprint density at radius 1 is 1.15 bits per heavy atom. The number of nitrogens with zero attached hydrogens (tertiary/aromatic N) is 1. The van der Waals surface area contributed by atoms with Gasteiger partial charge in [-0.1, -0.05) is 18.2 Å². The number of carboxylic acids is 1. The number of aromatic carboxylic acids is 1. The summed E-state index contributed by atoms with van der Waals surface area (Å²) in [5, 5.41) is 12.4. The second-order valence-corrected chi connectivity index (χ2v) is 7.42. The summed E-state index contributed by atoms with van der Waals surface area (Å²) in [5.41, 5.74) is 1.60. The van der Waals surface area contributed by atoms with Crippen molar-refractivity contribution in [2.24, 2.45) is 0 Å². The third-order valence-electron chi connectivity index (χ3n) is 5.51. The molecule has 1 aromatic heterocycles. The lowest BCUT2D eigenvalue weighted by Crippen LogP contribution is -2.40. The summed E-state index contributed by atoms with van der Waals surface area (Å²) in [4.78, 5) is 42.1. The molecular weight excluding hydrogens is 431 g/mol. The Morgan fingerprint density at radius 2 is 1.88 bits per heavy atom. The molecule has 3 aromatic rings. The van der Waals surface area contributed by atoms with Crippen LogP contribution in [0.3, 0.4) is 0 Å². The predicted molar refractivity (Wildman–Crippen MR) is 116 cm³/mol. The van der Waals surface area contributed by atoms with E-state index in [4.69, 9.17) is 9.25 Å². The van der Waals surface area contributed by atoms with E-state index in [0.717, 1.165) is 0 Å². The van der Waals surface area contributed by atoms with E-state index in [0.29, 0.717) is 21.3 Å². The maximum Gasteiger partial charge on any atom is 0.335 e. The Morgan fingerprint density at radius 3 is 2.52 bits per heavy atom. The van der Waals surface area contributed by atoms with E-state index in [-0.39, 0.29) is 22.3 Å². The van der Waals surface area contributed by atoms with E-state index in [2.05, 4.69) is 5.32 Å². The van der Waals surface area contributed by atoms with Gasteiger partial charge in [0.2, 0.25) is 4.92 Å². The number of amides is 1. The van der Waals surface area contributed by atoms with Gasteiger partial charge >= 0.3 is 5.97 Å². The zero-order chi connectivity index (χ0) is 23.7. The Labute approximate surface area is 187 Å². The first-order chi connectivity index (χ1) is 15.8. The summed E-state index contributed by atoms with van der Waals surface area (Å²) < 4.78 is 19.4. The van der Waals surface area contributed by atoms with Crippen molar-refractivity contribution in [3.63, 3.8) is 0 Å². The molecule has 4 rings (SSSR count). The first-order valence-electron chi connectivity index (χ1n) is 10.0. The van der Waals surface area contributed by atoms with Crippen molar-refractivity contribution < 1.29 is 33.3 Å². The first-order valence-corrected chi connectivity index (χ1v) is 10.0. The molecule has 1 aliphatic rings. The summed E-state index contributed by atoms with van der Waals surface area (Å²) in [7, 11) is 2.70. The van der Waals surface area contributed by atoms with Crippen LogP contribution < -0.4 is 16.0 Å². The maximum atomic E-state index is 13.4. The van der Waals surface area contributed by atoms with Gasteiger partial charge in [-0.15, -0.1) is 0 Å². The average molecular weight is 451 g/mol. The zero-order valence-corrected chi connectivity index (χ0v) is 17.7. The van der Waals surface area contributed by atoms with Crippen molar-refractivity contribution in [2.75, 3.05) is 14.2 Å². The van der Waals surface area contributed by atoms with Crippen LogP contribution in [0.2, 0.25) is 0 Å². The van der Waals surface area contributed by atoms with Crippen LogP contribution in [0.15, 0.2) is 52.9 Å². The average Bonchev–Trinajstić information content (AvgIpc) is 3.21. The summed E-state index contributed by atoms with van der Waals surface area (Å²) >= 11 is 0. The number of benzene rings is 2. The second-order valence-electron chi connectivity index (χ2n) is 7.42. The van der Waals surface area contributed by atoms with Crippen LogP contribution in [0.1, 0.15) is 32.2 Å². The van der Waals surface area contributed by atoms with Gasteiger partial charge in [0.05, 0.1) is 22.0 Å². The van der Waals surface area contributed by atoms with E-state index in [1.54, 1.807) is 18.2 Å². The van der Waals surface area contributed by atoms with Crippen LogP contribution in [0.25, 0.3) is 23.5 Å². The van der Waals surface area contributed by atoms with Crippen LogP contribution >= 0.6 is 0 Å². The van der Waals surface area contributed by atoms with E-state index in [1.807, 2.05) is 0 Å². The normalized spacial score (nSPS) is 16.7. The number of carbonyl (C=O) groups is 2. The number of hydrogen-bond donors (Lipinski definition) is 2. The highest BCUT2D eigenvalue weighted by molar-refractivity contribution is 6.00. The molecule has 0 spiro atoms. The van der Waals surface area contributed by atoms with Gasteiger partial charge in [0.25, 0.3) is 11.9 Å². The van der Waals surface area contributed by atoms with Crippen molar-refractivity contribution in [1.29, 1.82) is 0 Å². The molecule has 0 fully saturated rings. The van der Waals surface area contributed by atoms with Crippen molar-refractivity contribution in [3.8, 4) is 11.3 Å². The van der Waals surface area contributed by atoms with Gasteiger partial charge in [-0.3, -0.25) is 4.79 Å². The van der Waals surface area contributed by atoms with Crippen molar-refractivity contribution in [3.05, 3.63) is 86.6 Å².